The van der Waals surface area contributed by atoms with E-state index in [1.54, 1.807) is 4.90 Å². The van der Waals surface area contributed by atoms with Crippen LogP contribution in [0.3, 0.4) is 0 Å². The quantitative estimate of drug-likeness (QED) is 0.794. The fraction of sp³-hybridized carbons (Fsp3) is 0.462. The van der Waals surface area contributed by atoms with Crippen LogP contribution in [0.2, 0.25) is 0 Å². The van der Waals surface area contributed by atoms with Crippen molar-refractivity contribution < 1.29 is 9.53 Å². The van der Waals surface area contributed by atoms with Gasteiger partial charge in [-0.15, -0.1) is 0 Å². The van der Waals surface area contributed by atoms with Crippen molar-refractivity contribution >= 4 is 27.7 Å². The Hall–Kier alpha value is -1.03. The van der Waals surface area contributed by atoms with Crippen LogP contribution >= 0.6 is 15.9 Å². The smallest absolute Gasteiger partial charge is 0.414 e. The highest BCUT2D eigenvalue weighted by Crippen LogP contribution is 2.17. The lowest BCUT2D eigenvalue weighted by Gasteiger charge is -2.27. The van der Waals surface area contributed by atoms with Gasteiger partial charge in [-0.1, -0.05) is 34.1 Å². The molecule has 0 aliphatic carbocycles. The Balaban J connectivity index is 2.83. The fourth-order valence-corrected chi connectivity index (χ4v) is 1.69. The maximum Gasteiger partial charge on any atom is 0.414 e. The van der Waals surface area contributed by atoms with Crippen LogP contribution in [0.25, 0.3) is 0 Å². The first-order chi connectivity index (χ1) is 7.94. The second-order valence-corrected chi connectivity index (χ2v) is 5.45. The van der Waals surface area contributed by atoms with Gasteiger partial charge in [-0.3, -0.25) is 4.90 Å². The molecule has 1 amide bonds. The molecule has 0 aliphatic rings. The van der Waals surface area contributed by atoms with Gasteiger partial charge < -0.3 is 4.74 Å². The van der Waals surface area contributed by atoms with Crippen molar-refractivity contribution in [3.63, 3.8) is 0 Å². The van der Waals surface area contributed by atoms with E-state index in [1.165, 1.54) is 0 Å². The third-order valence-electron chi connectivity index (χ3n) is 1.99. The van der Waals surface area contributed by atoms with Crippen LogP contribution < -0.4 is 4.90 Å². The number of ether oxygens (including phenoxy) is 1. The topological polar surface area (TPSA) is 29.5 Å². The average molecular weight is 300 g/mol. The van der Waals surface area contributed by atoms with Crippen LogP contribution in [0.15, 0.2) is 30.3 Å². The molecular formula is C13H18BrNO2. The van der Waals surface area contributed by atoms with Crippen molar-refractivity contribution in [1.82, 2.24) is 0 Å². The molecule has 17 heavy (non-hydrogen) atoms. The molecule has 0 N–H and O–H groups in total. The molecule has 0 aromatic heterocycles. The van der Waals surface area contributed by atoms with Crippen LogP contribution in [0, 0.1) is 0 Å². The van der Waals surface area contributed by atoms with E-state index in [1.807, 2.05) is 51.1 Å². The monoisotopic (exact) mass is 299 g/mol. The molecule has 1 aromatic rings. The van der Waals surface area contributed by atoms with Gasteiger partial charge in [0.2, 0.25) is 0 Å². The van der Waals surface area contributed by atoms with Gasteiger partial charge in [0, 0.05) is 17.6 Å². The van der Waals surface area contributed by atoms with E-state index >= 15 is 0 Å². The molecule has 1 rings (SSSR count). The zero-order chi connectivity index (χ0) is 12.9. The van der Waals surface area contributed by atoms with Gasteiger partial charge >= 0.3 is 6.09 Å². The van der Waals surface area contributed by atoms with Crippen LogP contribution in [-0.4, -0.2) is 23.6 Å². The highest BCUT2D eigenvalue weighted by atomic mass is 79.9. The Labute approximate surface area is 111 Å². The summed E-state index contributed by atoms with van der Waals surface area (Å²) in [4.78, 5) is 13.7. The van der Waals surface area contributed by atoms with Crippen molar-refractivity contribution in [3.05, 3.63) is 30.3 Å². The Bertz CT molecular complexity index is 359. The standard InChI is InChI=1S/C13H18BrNO2/c1-13(2,3)17-12(16)15(10-9-14)11-7-5-4-6-8-11/h4-8H,9-10H2,1-3H3. The minimum Gasteiger partial charge on any atom is -0.443 e. The number of hydrogen-bond acceptors (Lipinski definition) is 2. The summed E-state index contributed by atoms with van der Waals surface area (Å²) in [5, 5.41) is 0.709. The van der Waals surface area contributed by atoms with Crippen molar-refractivity contribution in [2.75, 3.05) is 16.8 Å². The summed E-state index contributed by atoms with van der Waals surface area (Å²) < 4.78 is 5.37. The molecule has 0 unspecified atom stereocenters. The van der Waals surface area contributed by atoms with Gasteiger partial charge in [-0.05, 0) is 32.9 Å². The van der Waals surface area contributed by atoms with Gasteiger partial charge in [0.15, 0.2) is 0 Å². The number of alkyl halides is 1. The lowest BCUT2D eigenvalue weighted by Crippen LogP contribution is -2.38. The Kier molecular flexibility index (Phi) is 5.00. The minimum absolute atomic E-state index is 0.317. The first kappa shape index (κ1) is 14.0. The largest absolute Gasteiger partial charge is 0.443 e. The van der Waals surface area contributed by atoms with Crippen molar-refractivity contribution in [2.24, 2.45) is 0 Å². The molecule has 0 fully saturated rings. The Morgan fingerprint density at radius 3 is 2.35 bits per heavy atom. The predicted molar refractivity (Wildman–Crippen MR) is 73.8 cm³/mol. The molecule has 0 aliphatic heterocycles. The zero-order valence-corrected chi connectivity index (χ0v) is 12.0. The molecule has 3 nitrogen and oxygen atoms in total. The average Bonchev–Trinajstić information content (AvgIpc) is 2.24. The number of anilines is 1. The summed E-state index contributed by atoms with van der Waals surface area (Å²) in [6, 6.07) is 9.52. The molecule has 0 bridgehead atoms. The number of amides is 1. The number of halogens is 1. The fourth-order valence-electron chi connectivity index (χ4n) is 1.34. The summed E-state index contributed by atoms with van der Waals surface area (Å²) >= 11 is 3.35. The van der Waals surface area contributed by atoms with Gasteiger partial charge in [-0.25, -0.2) is 4.79 Å². The number of benzene rings is 1. The van der Waals surface area contributed by atoms with Gasteiger partial charge in [-0.2, -0.15) is 0 Å². The normalized spacial score (nSPS) is 11.1. The molecule has 4 heteroatoms. The summed E-state index contributed by atoms with van der Waals surface area (Å²) in [5.41, 5.74) is 0.373. The first-order valence-electron chi connectivity index (χ1n) is 5.55. The second-order valence-electron chi connectivity index (χ2n) is 4.66. The van der Waals surface area contributed by atoms with E-state index in [9.17, 15) is 4.79 Å². The molecule has 0 radical (unpaired) electrons. The maximum absolute atomic E-state index is 12.0. The minimum atomic E-state index is -0.476. The molecule has 1 aromatic carbocycles. The van der Waals surface area contributed by atoms with Crippen LogP contribution in [0.4, 0.5) is 10.5 Å². The van der Waals surface area contributed by atoms with E-state index < -0.39 is 5.60 Å². The third-order valence-corrected chi connectivity index (χ3v) is 2.34. The van der Waals surface area contributed by atoms with Crippen LogP contribution in [0.1, 0.15) is 20.8 Å². The molecule has 0 saturated carbocycles. The van der Waals surface area contributed by atoms with Crippen molar-refractivity contribution in [3.8, 4) is 0 Å². The predicted octanol–water partition coefficient (Wildman–Crippen LogP) is 3.82. The first-order valence-corrected chi connectivity index (χ1v) is 6.68. The Morgan fingerprint density at radius 2 is 1.88 bits per heavy atom. The number of hydrogen-bond donors (Lipinski definition) is 0. The lowest BCUT2D eigenvalue weighted by molar-refractivity contribution is 0.0583. The van der Waals surface area contributed by atoms with Gasteiger partial charge in [0.1, 0.15) is 5.60 Å². The summed E-state index contributed by atoms with van der Waals surface area (Å²) in [6.45, 7) is 6.17. The highest BCUT2D eigenvalue weighted by molar-refractivity contribution is 9.09. The SMILES string of the molecule is CC(C)(C)OC(=O)N(CCBr)c1ccccc1. The molecule has 0 heterocycles. The van der Waals surface area contributed by atoms with Crippen LogP contribution in [0.5, 0.6) is 0 Å². The third kappa shape index (κ3) is 4.77. The Morgan fingerprint density at radius 1 is 1.29 bits per heavy atom. The van der Waals surface area contributed by atoms with Gasteiger partial charge in [0.05, 0.1) is 0 Å². The molecule has 0 spiro atoms. The van der Waals surface area contributed by atoms with Gasteiger partial charge in [0.25, 0.3) is 0 Å². The van der Waals surface area contributed by atoms with E-state index in [-0.39, 0.29) is 6.09 Å². The zero-order valence-electron chi connectivity index (χ0n) is 10.4. The number of para-hydroxylation sites is 1. The lowest BCUT2D eigenvalue weighted by atomic mass is 10.2. The highest BCUT2D eigenvalue weighted by Gasteiger charge is 2.22. The van der Waals surface area contributed by atoms with Crippen molar-refractivity contribution in [2.45, 2.75) is 26.4 Å². The number of rotatable bonds is 3. The summed E-state index contributed by atoms with van der Waals surface area (Å²) in [5.74, 6) is 0. The van der Waals surface area contributed by atoms with Crippen molar-refractivity contribution in [1.29, 1.82) is 0 Å². The molecule has 0 atom stereocenters. The number of carbonyl (C=O) groups is 1. The number of nitrogens with zero attached hydrogens (tertiary/aromatic N) is 1. The second kappa shape index (κ2) is 6.05. The number of carbonyl (C=O) groups excluding carboxylic acids is 1. The maximum atomic E-state index is 12.0. The molecular weight excluding hydrogens is 282 g/mol. The van der Waals surface area contributed by atoms with E-state index in [0.29, 0.717) is 11.9 Å². The van der Waals surface area contributed by atoms with Crippen LogP contribution in [-0.2, 0) is 4.74 Å². The van der Waals surface area contributed by atoms with E-state index in [0.717, 1.165) is 5.69 Å². The molecule has 0 saturated heterocycles. The summed E-state index contributed by atoms with van der Waals surface area (Å²) in [7, 11) is 0. The van der Waals surface area contributed by atoms with E-state index in [2.05, 4.69) is 15.9 Å². The van der Waals surface area contributed by atoms with E-state index in [4.69, 9.17) is 4.74 Å². The molecule has 94 valence electrons. The summed E-state index contributed by atoms with van der Waals surface area (Å²) in [6.07, 6.45) is -0.317.